The van der Waals surface area contributed by atoms with Crippen LogP contribution in [0.5, 0.6) is 0 Å². The summed E-state index contributed by atoms with van der Waals surface area (Å²) in [5, 5.41) is 2.13. The second-order valence-electron chi connectivity index (χ2n) is 11.2. The average molecular weight is 502 g/mol. The van der Waals surface area contributed by atoms with Crippen LogP contribution in [-0.2, 0) is 6.42 Å². The molecule has 38 heavy (non-hydrogen) atoms. The molecule has 1 fully saturated rings. The maximum absolute atomic E-state index is 14.1. The molecule has 0 spiro atoms. The average Bonchev–Trinajstić information content (AvgIpc) is 3.47. The van der Waals surface area contributed by atoms with Gasteiger partial charge in [-0.3, -0.25) is 0 Å². The highest BCUT2D eigenvalue weighted by atomic mass is 19.3. The van der Waals surface area contributed by atoms with Crippen molar-refractivity contribution >= 4 is 10.8 Å². The molecule has 2 aliphatic carbocycles. The third-order valence-electron chi connectivity index (χ3n) is 8.40. The number of aromatic nitrogens is 1. The first-order valence-electron chi connectivity index (χ1n) is 13.5. The number of aryl methyl sites for hydroxylation is 2. The maximum atomic E-state index is 14.1. The van der Waals surface area contributed by atoms with Crippen LogP contribution in [0.2, 0.25) is 0 Å². The zero-order valence-corrected chi connectivity index (χ0v) is 21.7. The second-order valence-corrected chi connectivity index (χ2v) is 11.2. The van der Waals surface area contributed by atoms with Crippen LogP contribution in [0.15, 0.2) is 84.9 Å². The van der Waals surface area contributed by atoms with E-state index in [-0.39, 0.29) is 18.8 Å². The van der Waals surface area contributed by atoms with E-state index >= 15 is 0 Å². The van der Waals surface area contributed by atoms with E-state index < -0.39 is 5.92 Å². The van der Waals surface area contributed by atoms with Gasteiger partial charge in [0.1, 0.15) is 0 Å². The van der Waals surface area contributed by atoms with E-state index in [0.717, 1.165) is 45.3 Å². The normalized spacial score (nSPS) is 17.5. The summed E-state index contributed by atoms with van der Waals surface area (Å²) in [6.45, 7) is 4.23. The van der Waals surface area contributed by atoms with Crippen molar-refractivity contribution in [1.29, 1.82) is 0 Å². The summed E-state index contributed by atoms with van der Waals surface area (Å²) in [6.07, 6.45) is 1.33. The Morgan fingerprint density at radius 2 is 1.58 bits per heavy atom. The number of nitrogens with zero attached hydrogens (tertiary/aromatic N) is 1. The first kappa shape index (κ1) is 23.3. The Morgan fingerprint density at radius 3 is 2.37 bits per heavy atom. The van der Waals surface area contributed by atoms with Gasteiger partial charge in [-0.2, -0.15) is 0 Å². The Hall–Kier alpha value is -3.85. The summed E-state index contributed by atoms with van der Waals surface area (Å²) < 4.78 is 28.1. The lowest BCUT2D eigenvalue weighted by atomic mass is 9.90. The Labute approximate surface area is 222 Å². The number of fused-ring (bicyclic) bond motifs is 4. The standard InChI is InChI=1S/C35H29F2N/c1-21-7-9-23(10-8-21)33-19-27-17-24(26-13-14-35(36,37)20-26)11-12-29(27)34(38-33)32-16-22(2)15-30-28-6-4-3-5-25(28)18-31(30)32/h3-12,15-17,19,26H,13-14,18,20H2,1-2H3. The van der Waals surface area contributed by atoms with Crippen LogP contribution in [0.3, 0.4) is 0 Å². The van der Waals surface area contributed by atoms with Crippen molar-refractivity contribution in [1.82, 2.24) is 4.98 Å². The van der Waals surface area contributed by atoms with E-state index in [0.29, 0.717) is 6.42 Å². The Balaban J connectivity index is 1.45. The molecule has 0 amide bonds. The molecule has 0 bridgehead atoms. The Bertz CT molecular complexity index is 1720. The second kappa shape index (κ2) is 8.59. The van der Waals surface area contributed by atoms with Crippen molar-refractivity contribution in [2.24, 2.45) is 0 Å². The zero-order chi connectivity index (χ0) is 26.0. The number of pyridine rings is 1. The highest BCUT2D eigenvalue weighted by Gasteiger charge is 2.40. The van der Waals surface area contributed by atoms with E-state index in [4.69, 9.17) is 4.98 Å². The molecule has 0 radical (unpaired) electrons. The quantitative estimate of drug-likeness (QED) is 0.235. The first-order valence-corrected chi connectivity index (χ1v) is 13.5. The van der Waals surface area contributed by atoms with Crippen LogP contribution in [0.4, 0.5) is 8.78 Å². The number of benzene rings is 4. The van der Waals surface area contributed by atoms with Crippen LogP contribution in [0, 0.1) is 13.8 Å². The molecule has 188 valence electrons. The first-order chi connectivity index (χ1) is 18.3. The van der Waals surface area contributed by atoms with Crippen LogP contribution in [-0.4, -0.2) is 10.9 Å². The minimum Gasteiger partial charge on any atom is -0.247 e. The molecule has 1 atom stereocenters. The van der Waals surface area contributed by atoms with E-state index in [9.17, 15) is 8.78 Å². The molecule has 2 aliphatic rings. The smallest absolute Gasteiger partial charge is 0.247 e. The van der Waals surface area contributed by atoms with Gasteiger partial charge in [0.15, 0.2) is 0 Å². The summed E-state index contributed by atoms with van der Waals surface area (Å²) in [7, 11) is 0. The van der Waals surface area contributed by atoms with Gasteiger partial charge in [0.2, 0.25) is 5.92 Å². The molecule has 7 rings (SSSR count). The molecular formula is C35H29F2N. The molecule has 0 saturated heterocycles. The van der Waals surface area contributed by atoms with E-state index in [1.807, 2.05) is 0 Å². The number of hydrogen-bond donors (Lipinski definition) is 0. The molecule has 0 aliphatic heterocycles. The van der Waals surface area contributed by atoms with Gasteiger partial charge >= 0.3 is 0 Å². The predicted octanol–water partition coefficient (Wildman–Crippen LogP) is 9.66. The molecule has 1 heterocycles. The van der Waals surface area contributed by atoms with Gasteiger partial charge < -0.3 is 0 Å². The molecule has 3 heteroatoms. The van der Waals surface area contributed by atoms with Gasteiger partial charge in [-0.05, 0) is 83.5 Å². The van der Waals surface area contributed by atoms with E-state index in [1.165, 1.54) is 33.4 Å². The molecule has 1 unspecified atom stereocenters. The molecule has 5 aromatic rings. The van der Waals surface area contributed by atoms with Gasteiger partial charge in [0.05, 0.1) is 11.4 Å². The van der Waals surface area contributed by atoms with Crippen LogP contribution in [0.25, 0.3) is 44.4 Å². The SMILES string of the molecule is Cc1ccc(-c2cc3cc(C4CCC(F)(F)C4)ccc3c(-c3cc(C)cc4c3Cc3ccccc3-4)n2)cc1. The van der Waals surface area contributed by atoms with Crippen molar-refractivity contribution in [2.75, 3.05) is 0 Å². The summed E-state index contributed by atoms with van der Waals surface area (Å²) in [6, 6.07) is 30.1. The highest BCUT2D eigenvalue weighted by molar-refractivity contribution is 6.00. The molecule has 0 N–H and O–H groups in total. The summed E-state index contributed by atoms with van der Waals surface area (Å²) in [4.78, 5) is 5.28. The van der Waals surface area contributed by atoms with E-state index in [2.05, 4.69) is 98.8 Å². The third kappa shape index (κ3) is 3.93. The number of halogens is 2. The third-order valence-corrected chi connectivity index (χ3v) is 8.40. The molecule has 1 saturated carbocycles. The fourth-order valence-electron chi connectivity index (χ4n) is 6.43. The lowest BCUT2D eigenvalue weighted by Crippen LogP contribution is -2.09. The van der Waals surface area contributed by atoms with Gasteiger partial charge in [-0.1, -0.05) is 78.4 Å². The minimum absolute atomic E-state index is 0.0259. The van der Waals surface area contributed by atoms with Gasteiger partial charge in [-0.15, -0.1) is 0 Å². The lowest BCUT2D eigenvalue weighted by Gasteiger charge is -2.17. The van der Waals surface area contributed by atoms with Crippen LogP contribution < -0.4 is 0 Å². The fourth-order valence-corrected chi connectivity index (χ4v) is 6.43. The van der Waals surface area contributed by atoms with Gasteiger partial charge in [-0.25, -0.2) is 13.8 Å². The zero-order valence-electron chi connectivity index (χ0n) is 21.7. The molecule has 4 aromatic carbocycles. The van der Waals surface area contributed by atoms with Crippen LogP contribution in [0.1, 0.15) is 53.0 Å². The molecular weight excluding hydrogens is 472 g/mol. The van der Waals surface area contributed by atoms with E-state index in [1.54, 1.807) is 0 Å². The highest BCUT2D eigenvalue weighted by Crippen LogP contribution is 2.47. The van der Waals surface area contributed by atoms with Crippen molar-refractivity contribution in [2.45, 2.75) is 51.4 Å². The van der Waals surface area contributed by atoms with Crippen molar-refractivity contribution < 1.29 is 8.78 Å². The summed E-state index contributed by atoms with van der Waals surface area (Å²) >= 11 is 0. The number of alkyl halides is 2. The van der Waals surface area contributed by atoms with Gasteiger partial charge in [0.25, 0.3) is 0 Å². The fraction of sp³-hybridized carbons (Fsp3) is 0.229. The molecule has 1 nitrogen and oxygen atoms in total. The topological polar surface area (TPSA) is 12.9 Å². The lowest BCUT2D eigenvalue weighted by molar-refractivity contribution is 0.00777. The van der Waals surface area contributed by atoms with Gasteiger partial charge in [0, 0.05) is 29.4 Å². The van der Waals surface area contributed by atoms with Crippen molar-refractivity contribution in [3.05, 3.63) is 113 Å². The summed E-state index contributed by atoms with van der Waals surface area (Å²) in [5.41, 5.74) is 12.8. The maximum Gasteiger partial charge on any atom is 0.248 e. The number of rotatable bonds is 3. The predicted molar refractivity (Wildman–Crippen MR) is 152 cm³/mol. The largest absolute Gasteiger partial charge is 0.248 e. The monoisotopic (exact) mass is 501 g/mol. The number of hydrogen-bond acceptors (Lipinski definition) is 1. The Kier molecular flexibility index (Phi) is 5.26. The Morgan fingerprint density at radius 1 is 0.789 bits per heavy atom. The minimum atomic E-state index is -2.56. The van der Waals surface area contributed by atoms with Crippen molar-refractivity contribution in [3.63, 3.8) is 0 Å². The molecule has 1 aromatic heterocycles. The van der Waals surface area contributed by atoms with Crippen molar-refractivity contribution in [3.8, 4) is 33.6 Å². The summed E-state index contributed by atoms with van der Waals surface area (Å²) in [5.74, 6) is -2.67. The van der Waals surface area contributed by atoms with Crippen LogP contribution >= 0.6 is 0 Å².